The van der Waals surface area contributed by atoms with Gasteiger partial charge in [-0.3, -0.25) is 4.55 Å². The number of morpholine rings is 1. The molecule has 0 saturated carbocycles. The van der Waals surface area contributed by atoms with E-state index in [1.165, 1.54) is 0 Å². The molecule has 0 amide bonds. The van der Waals surface area contributed by atoms with E-state index in [0.717, 1.165) is 24.5 Å². The number of hydrogen-bond donors (Lipinski definition) is 1. The van der Waals surface area contributed by atoms with Crippen molar-refractivity contribution in [3.8, 4) is 0 Å². The Balaban J connectivity index is 0.000000416. The van der Waals surface area contributed by atoms with Gasteiger partial charge in [0.05, 0.1) is 32.1 Å². The highest BCUT2D eigenvalue weighted by Crippen LogP contribution is 2.26. The van der Waals surface area contributed by atoms with Crippen LogP contribution in [0.1, 0.15) is 20.3 Å². The zero-order valence-corrected chi connectivity index (χ0v) is 16.2. The Morgan fingerprint density at radius 1 is 1.25 bits per heavy atom. The molecule has 2 rings (SSSR count). The van der Waals surface area contributed by atoms with E-state index in [1.54, 1.807) is 0 Å². The zero-order valence-electron chi connectivity index (χ0n) is 15.4. The van der Waals surface area contributed by atoms with E-state index in [0.29, 0.717) is 44.3 Å². The van der Waals surface area contributed by atoms with Crippen LogP contribution in [-0.2, 0) is 24.3 Å². The van der Waals surface area contributed by atoms with Gasteiger partial charge in [0.2, 0.25) is 5.76 Å². The van der Waals surface area contributed by atoms with Crippen molar-refractivity contribution < 1.29 is 45.1 Å². The van der Waals surface area contributed by atoms with E-state index in [1.807, 2.05) is 19.9 Å². The number of alkyl halides is 3. The third-order valence-corrected chi connectivity index (χ3v) is 4.13. The summed E-state index contributed by atoms with van der Waals surface area (Å²) in [6, 6.07) is 0. The van der Waals surface area contributed by atoms with Crippen LogP contribution in [-0.4, -0.2) is 73.4 Å². The van der Waals surface area contributed by atoms with Gasteiger partial charge in [0.1, 0.15) is 12.2 Å². The van der Waals surface area contributed by atoms with Gasteiger partial charge in [-0.2, -0.15) is 26.4 Å². The Hall–Kier alpha value is -2.08. The van der Waals surface area contributed by atoms with E-state index in [9.17, 15) is 13.2 Å². The minimum absolute atomic E-state index is 0.447. The normalized spacial score (nSPS) is 18.0. The number of halogens is 3. The van der Waals surface area contributed by atoms with Gasteiger partial charge in [-0.05, 0) is 13.8 Å². The second kappa shape index (κ2) is 10.5. The summed E-state index contributed by atoms with van der Waals surface area (Å²) < 4.78 is 74.2. The molecule has 1 saturated heterocycles. The molecule has 0 aromatic rings. The van der Waals surface area contributed by atoms with Crippen molar-refractivity contribution in [2.75, 3.05) is 39.5 Å². The van der Waals surface area contributed by atoms with Gasteiger partial charge >= 0.3 is 21.3 Å². The maximum atomic E-state index is 10.7. The number of allylic oxidation sites excluding steroid dienone is 3. The van der Waals surface area contributed by atoms with E-state index in [4.69, 9.17) is 32.7 Å². The Labute approximate surface area is 160 Å². The Morgan fingerprint density at radius 3 is 2.21 bits per heavy atom. The van der Waals surface area contributed by atoms with Crippen molar-refractivity contribution in [1.29, 1.82) is 0 Å². The minimum atomic E-state index is -5.84. The van der Waals surface area contributed by atoms with Crippen LogP contribution in [0.2, 0.25) is 0 Å². The molecule has 0 atom stereocenters. The third-order valence-electron chi connectivity index (χ3n) is 3.55. The van der Waals surface area contributed by atoms with Crippen LogP contribution in [0.25, 0.3) is 5.53 Å². The summed E-state index contributed by atoms with van der Waals surface area (Å²) in [6.07, 6.45) is 2.35. The van der Waals surface area contributed by atoms with E-state index >= 15 is 0 Å². The van der Waals surface area contributed by atoms with Gasteiger partial charge in [0.25, 0.3) is 0 Å². The summed E-state index contributed by atoms with van der Waals surface area (Å²) >= 11 is 0. The van der Waals surface area contributed by atoms with E-state index in [-0.39, 0.29) is 0 Å². The average Bonchev–Trinajstić information content (AvgIpc) is 2.62. The largest absolute Gasteiger partial charge is 0.522 e. The molecule has 1 aliphatic heterocycles. The van der Waals surface area contributed by atoms with E-state index in [2.05, 4.69) is 9.69 Å². The van der Waals surface area contributed by atoms with Crippen LogP contribution >= 0.6 is 0 Å². The maximum absolute atomic E-state index is 10.7. The number of hydrogen-bond acceptors (Lipinski definition) is 6. The van der Waals surface area contributed by atoms with Crippen LogP contribution in [0, 0.1) is 0 Å². The molecule has 2 aliphatic rings. The fraction of sp³-hybridized carbons (Fsp3) is 0.667. The standard InChI is InChI=1S/C14H21N3O3.CHF3O3S/c1-3-19-13-10-12(17-5-7-18-8-6-17)14(20-4-2)9-11(13)16-15;2-1(3,4)8(5,6)7/h10H,3-9H2,1-2H3;(H,5,6,7). The topological polar surface area (TPSA) is 122 Å². The fourth-order valence-corrected chi connectivity index (χ4v) is 2.35. The first-order valence-electron chi connectivity index (χ1n) is 8.33. The molecule has 1 N–H and O–H groups in total. The zero-order chi connectivity index (χ0) is 21.4. The summed E-state index contributed by atoms with van der Waals surface area (Å²) in [5.41, 5.74) is 5.10. The Morgan fingerprint density at radius 2 is 1.79 bits per heavy atom. The summed E-state index contributed by atoms with van der Waals surface area (Å²) in [6.45, 7) is 8.04. The molecule has 13 heteroatoms. The molecule has 0 aromatic carbocycles. The first kappa shape index (κ1) is 24.0. The van der Waals surface area contributed by atoms with Crippen molar-refractivity contribution >= 4 is 15.8 Å². The average molecular weight is 429 g/mol. The molecular weight excluding hydrogens is 407 g/mol. The van der Waals surface area contributed by atoms with Crippen LogP contribution in [0.3, 0.4) is 0 Å². The lowest BCUT2D eigenvalue weighted by Gasteiger charge is -2.32. The van der Waals surface area contributed by atoms with Crippen molar-refractivity contribution in [3.05, 3.63) is 28.8 Å². The fourth-order valence-electron chi connectivity index (χ4n) is 2.35. The first-order chi connectivity index (χ1) is 13.0. The lowest BCUT2D eigenvalue weighted by atomic mass is 10.0. The number of rotatable bonds is 5. The van der Waals surface area contributed by atoms with Gasteiger partial charge < -0.3 is 24.6 Å². The highest BCUT2D eigenvalue weighted by molar-refractivity contribution is 7.86. The molecule has 0 bridgehead atoms. The highest BCUT2D eigenvalue weighted by Gasteiger charge is 2.44. The first-order valence-corrected chi connectivity index (χ1v) is 9.77. The minimum Gasteiger partial charge on any atom is -0.495 e. The summed E-state index contributed by atoms with van der Waals surface area (Å²) in [4.78, 5) is 5.55. The smallest absolute Gasteiger partial charge is 0.495 e. The lowest BCUT2D eigenvalue weighted by molar-refractivity contribution is -0.0510. The molecule has 0 spiro atoms. The van der Waals surface area contributed by atoms with Crippen molar-refractivity contribution in [2.24, 2.45) is 0 Å². The molecule has 9 nitrogen and oxygen atoms in total. The number of nitrogens with zero attached hydrogens (tertiary/aromatic N) is 3. The second-order valence-corrected chi connectivity index (χ2v) is 6.84. The molecule has 1 heterocycles. The van der Waals surface area contributed by atoms with E-state index < -0.39 is 15.6 Å². The number of ether oxygens (including phenoxy) is 3. The molecular formula is C15H22F3N3O6S. The molecule has 0 aromatic heterocycles. The van der Waals surface area contributed by atoms with Crippen molar-refractivity contribution in [3.63, 3.8) is 0 Å². The maximum Gasteiger partial charge on any atom is 0.522 e. The van der Waals surface area contributed by atoms with Crippen LogP contribution in [0.15, 0.2) is 23.3 Å². The van der Waals surface area contributed by atoms with Crippen LogP contribution in [0.4, 0.5) is 13.2 Å². The SMILES string of the molecule is CCOC1=CC(N2CCOCC2)=C(OCC)CC1=[N+]=[N-].O=S(=O)(O)C(F)(F)F. The second-order valence-electron chi connectivity index (χ2n) is 5.43. The van der Waals surface area contributed by atoms with Gasteiger partial charge in [-0.25, -0.2) is 0 Å². The van der Waals surface area contributed by atoms with Crippen LogP contribution in [0.5, 0.6) is 0 Å². The predicted molar refractivity (Wildman–Crippen MR) is 91.6 cm³/mol. The summed E-state index contributed by atoms with van der Waals surface area (Å²) in [7, 11) is -5.84. The monoisotopic (exact) mass is 429 g/mol. The summed E-state index contributed by atoms with van der Waals surface area (Å²) in [5, 5.41) is 0. The summed E-state index contributed by atoms with van der Waals surface area (Å²) in [5.74, 6) is 1.44. The molecule has 0 unspecified atom stereocenters. The quantitative estimate of drug-likeness (QED) is 0.307. The highest BCUT2D eigenvalue weighted by atomic mass is 32.2. The van der Waals surface area contributed by atoms with Crippen molar-refractivity contribution in [2.45, 2.75) is 25.8 Å². The third kappa shape index (κ3) is 6.82. The Bertz CT molecular complexity index is 751. The van der Waals surface area contributed by atoms with Crippen LogP contribution < -0.4 is 0 Å². The molecule has 1 fully saturated rings. The molecule has 28 heavy (non-hydrogen) atoms. The molecule has 0 radical (unpaired) electrons. The molecule has 160 valence electrons. The van der Waals surface area contributed by atoms with Gasteiger partial charge in [0, 0.05) is 19.2 Å². The van der Waals surface area contributed by atoms with Gasteiger partial charge in [-0.1, -0.05) is 0 Å². The molecule has 1 aliphatic carbocycles. The Kier molecular flexibility index (Phi) is 8.95. The predicted octanol–water partition coefficient (Wildman–Crippen LogP) is 1.96. The van der Waals surface area contributed by atoms with Gasteiger partial charge in [-0.15, -0.1) is 0 Å². The van der Waals surface area contributed by atoms with Crippen molar-refractivity contribution in [1.82, 2.24) is 4.90 Å². The lowest BCUT2D eigenvalue weighted by Crippen LogP contribution is -2.37. The van der Waals surface area contributed by atoms with Gasteiger partial charge in [0.15, 0.2) is 0 Å².